The van der Waals surface area contributed by atoms with Gasteiger partial charge in [0, 0.05) is 36.0 Å². The molecule has 1 aromatic heterocycles. The highest BCUT2D eigenvalue weighted by atomic mass is 79.9. The number of aromatic nitrogens is 1. The molecule has 0 aliphatic carbocycles. The van der Waals surface area contributed by atoms with E-state index in [0.29, 0.717) is 6.04 Å². The summed E-state index contributed by atoms with van der Waals surface area (Å²) in [4.78, 5) is 6.62. The summed E-state index contributed by atoms with van der Waals surface area (Å²) in [5, 5.41) is 0. The Balaban J connectivity index is 2.00. The van der Waals surface area contributed by atoms with E-state index in [9.17, 15) is 0 Å². The Kier molecular flexibility index (Phi) is 5.92. The Bertz CT molecular complexity index is 429. The summed E-state index contributed by atoms with van der Waals surface area (Å²) in [5.74, 6) is 5.73. The van der Waals surface area contributed by atoms with Crippen molar-refractivity contribution in [3.05, 3.63) is 28.5 Å². The topological polar surface area (TPSA) is 63.4 Å². The zero-order valence-electron chi connectivity index (χ0n) is 12.1. The summed E-state index contributed by atoms with van der Waals surface area (Å²) >= 11 is 3.44. The molecule has 1 saturated heterocycles. The first kappa shape index (κ1) is 15.9. The molecule has 20 heavy (non-hydrogen) atoms. The van der Waals surface area contributed by atoms with Crippen molar-refractivity contribution in [2.75, 3.05) is 19.7 Å². The predicted molar refractivity (Wildman–Crippen MR) is 83.2 cm³/mol. The molecule has 2 heterocycles. The van der Waals surface area contributed by atoms with Gasteiger partial charge in [0.2, 0.25) is 0 Å². The van der Waals surface area contributed by atoms with Crippen LogP contribution < -0.4 is 11.3 Å². The van der Waals surface area contributed by atoms with E-state index in [-0.39, 0.29) is 12.1 Å². The van der Waals surface area contributed by atoms with Crippen molar-refractivity contribution in [2.24, 2.45) is 5.84 Å². The third kappa shape index (κ3) is 4.23. The maximum atomic E-state index is 5.90. The zero-order valence-corrected chi connectivity index (χ0v) is 13.6. The van der Waals surface area contributed by atoms with Gasteiger partial charge in [0.1, 0.15) is 0 Å². The Morgan fingerprint density at radius 2 is 2.35 bits per heavy atom. The number of nitrogens with one attached hydrogen (secondary N) is 1. The molecule has 1 aliphatic heterocycles. The van der Waals surface area contributed by atoms with E-state index < -0.39 is 0 Å². The van der Waals surface area contributed by atoms with Crippen LogP contribution in [0.1, 0.15) is 19.4 Å². The highest BCUT2D eigenvalue weighted by Crippen LogP contribution is 2.16. The number of pyridine rings is 1. The highest BCUT2D eigenvalue weighted by molar-refractivity contribution is 9.10. The van der Waals surface area contributed by atoms with Crippen LogP contribution in [-0.2, 0) is 11.2 Å². The average molecular weight is 343 g/mol. The van der Waals surface area contributed by atoms with Crippen LogP contribution in [0.3, 0.4) is 0 Å². The van der Waals surface area contributed by atoms with Crippen LogP contribution in [0, 0.1) is 0 Å². The van der Waals surface area contributed by atoms with E-state index in [1.165, 1.54) is 0 Å². The Labute approximate surface area is 129 Å². The molecule has 0 amide bonds. The Hall–Kier alpha value is -0.530. The summed E-state index contributed by atoms with van der Waals surface area (Å²) in [7, 11) is 0. The molecule has 0 saturated carbocycles. The lowest BCUT2D eigenvalue weighted by Gasteiger charge is -2.38. The van der Waals surface area contributed by atoms with E-state index in [2.05, 4.69) is 51.2 Å². The molecule has 1 aliphatic rings. The van der Waals surface area contributed by atoms with E-state index in [0.717, 1.165) is 36.2 Å². The van der Waals surface area contributed by atoms with Gasteiger partial charge in [-0.25, -0.2) is 0 Å². The lowest BCUT2D eigenvalue weighted by molar-refractivity contribution is -0.0552. The monoisotopic (exact) mass is 342 g/mol. The van der Waals surface area contributed by atoms with E-state index in [1.807, 2.05) is 6.20 Å². The molecule has 112 valence electrons. The van der Waals surface area contributed by atoms with Crippen LogP contribution in [-0.4, -0.2) is 47.8 Å². The minimum Gasteiger partial charge on any atom is -0.374 e. The quantitative estimate of drug-likeness (QED) is 0.624. The van der Waals surface area contributed by atoms with Crippen LogP contribution in [0.25, 0.3) is 0 Å². The largest absolute Gasteiger partial charge is 0.374 e. The Morgan fingerprint density at radius 3 is 3.00 bits per heavy atom. The summed E-state index contributed by atoms with van der Waals surface area (Å²) < 4.78 is 6.88. The molecule has 0 radical (unpaired) electrons. The molecule has 0 aromatic carbocycles. The van der Waals surface area contributed by atoms with E-state index in [4.69, 9.17) is 10.6 Å². The fourth-order valence-corrected chi connectivity index (χ4v) is 2.94. The van der Waals surface area contributed by atoms with Gasteiger partial charge in [0.05, 0.1) is 18.8 Å². The lowest BCUT2D eigenvalue weighted by atomic mass is 10.0. The maximum Gasteiger partial charge on any atom is 0.0872 e. The van der Waals surface area contributed by atoms with Crippen molar-refractivity contribution in [3.63, 3.8) is 0 Å². The first-order chi connectivity index (χ1) is 9.60. The molecule has 2 unspecified atom stereocenters. The molecule has 3 N–H and O–H groups in total. The molecular weight excluding hydrogens is 320 g/mol. The number of rotatable bonds is 5. The van der Waals surface area contributed by atoms with Gasteiger partial charge in [-0.1, -0.05) is 0 Å². The fourth-order valence-electron chi connectivity index (χ4n) is 2.53. The van der Waals surface area contributed by atoms with Gasteiger partial charge in [-0.3, -0.25) is 21.2 Å². The molecule has 1 fully saturated rings. The lowest BCUT2D eigenvalue weighted by Crippen LogP contribution is -2.56. The summed E-state index contributed by atoms with van der Waals surface area (Å²) in [5.41, 5.74) is 4.05. The smallest absolute Gasteiger partial charge is 0.0872 e. The molecule has 2 atom stereocenters. The van der Waals surface area contributed by atoms with Crippen LogP contribution in [0.4, 0.5) is 0 Å². The second kappa shape index (κ2) is 7.47. The summed E-state index contributed by atoms with van der Waals surface area (Å²) in [6.07, 6.45) is 4.57. The van der Waals surface area contributed by atoms with Gasteiger partial charge >= 0.3 is 0 Å². The third-order valence-corrected chi connectivity index (χ3v) is 4.17. The molecule has 2 rings (SSSR count). The molecule has 0 spiro atoms. The van der Waals surface area contributed by atoms with Crippen LogP contribution in [0.2, 0.25) is 0 Å². The third-order valence-electron chi connectivity index (χ3n) is 3.74. The second-order valence-electron chi connectivity index (χ2n) is 5.49. The SMILES string of the molecule is CC(C)N1CCOC(C(Cc2cncc(Br)c2)NN)C1. The number of nitrogens with zero attached hydrogens (tertiary/aromatic N) is 2. The second-order valence-corrected chi connectivity index (χ2v) is 6.40. The number of hydrogen-bond donors (Lipinski definition) is 2. The van der Waals surface area contributed by atoms with Gasteiger partial charge in [-0.05, 0) is 47.8 Å². The van der Waals surface area contributed by atoms with Gasteiger partial charge < -0.3 is 4.74 Å². The highest BCUT2D eigenvalue weighted by Gasteiger charge is 2.28. The van der Waals surface area contributed by atoms with Gasteiger partial charge in [0.25, 0.3) is 0 Å². The van der Waals surface area contributed by atoms with Crippen molar-refractivity contribution < 1.29 is 4.74 Å². The predicted octanol–water partition coefficient (Wildman–Crippen LogP) is 1.33. The summed E-state index contributed by atoms with van der Waals surface area (Å²) in [6, 6.07) is 2.69. The number of nitrogens with two attached hydrogens (primary N) is 1. The van der Waals surface area contributed by atoms with Crippen molar-refractivity contribution in [2.45, 2.75) is 38.5 Å². The number of ether oxygens (including phenoxy) is 1. The fraction of sp³-hybridized carbons (Fsp3) is 0.643. The minimum atomic E-state index is 0.0904. The maximum absolute atomic E-state index is 5.90. The number of halogens is 1. The van der Waals surface area contributed by atoms with Gasteiger partial charge in [-0.2, -0.15) is 0 Å². The van der Waals surface area contributed by atoms with Crippen molar-refractivity contribution in [3.8, 4) is 0 Å². The minimum absolute atomic E-state index is 0.0904. The number of morpholine rings is 1. The van der Waals surface area contributed by atoms with Crippen molar-refractivity contribution >= 4 is 15.9 Å². The molecule has 6 heteroatoms. The van der Waals surface area contributed by atoms with E-state index >= 15 is 0 Å². The molecular formula is C14H23BrN4O. The number of hydrazine groups is 1. The Morgan fingerprint density at radius 1 is 1.55 bits per heavy atom. The molecule has 5 nitrogen and oxygen atoms in total. The number of hydrogen-bond acceptors (Lipinski definition) is 5. The molecule has 1 aromatic rings. The van der Waals surface area contributed by atoms with Crippen LogP contribution in [0.15, 0.2) is 22.9 Å². The molecule has 0 bridgehead atoms. The normalized spacial score (nSPS) is 22.1. The van der Waals surface area contributed by atoms with Crippen molar-refractivity contribution in [1.29, 1.82) is 0 Å². The first-order valence-corrected chi connectivity index (χ1v) is 7.80. The van der Waals surface area contributed by atoms with Gasteiger partial charge in [-0.15, -0.1) is 0 Å². The zero-order chi connectivity index (χ0) is 14.5. The average Bonchev–Trinajstić information content (AvgIpc) is 2.45. The summed E-state index contributed by atoms with van der Waals surface area (Å²) in [6.45, 7) is 7.09. The van der Waals surface area contributed by atoms with Crippen LogP contribution in [0.5, 0.6) is 0 Å². The van der Waals surface area contributed by atoms with Gasteiger partial charge in [0.15, 0.2) is 0 Å². The van der Waals surface area contributed by atoms with E-state index in [1.54, 1.807) is 6.20 Å². The van der Waals surface area contributed by atoms with Crippen molar-refractivity contribution in [1.82, 2.24) is 15.3 Å². The van der Waals surface area contributed by atoms with Crippen LogP contribution >= 0.6 is 15.9 Å². The standard InChI is InChI=1S/C14H23BrN4O/c1-10(2)19-3-4-20-14(9-19)13(18-16)6-11-5-12(15)8-17-7-11/h5,7-8,10,13-14,18H,3-4,6,9,16H2,1-2H3. The first-order valence-electron chi connectivity index (χ1n) is 7.01.